The number of anilines is 2. The summed E-state index contributed by atoms with van der Waals surface area (Å²) in [4.78, 5) is 26.4. The van der Waals surface area contributed by atoms with Crippen molar-refractivity contribution in [2.24, 2.45) is 0 Å². The highest BCUT2D eigenvalue weighted by Gasteiger charge is 2.33. The first-order valence-electron chi connectivity index (χ1n) is 11.4. The Bertz CT molecular complexity index is 950. The molecule has 5 nitrogen and oxygen atoms in total. The molecule has 0 fully saturated rings. The zero-order valence-electron chi connectivity index (χ0n) is 19.2. The van der Waals surface area contributed by atoms with E-state index in [0.29, 0.717) is 27.9 Å². The van der Waals surface area contributed by atoms with Gasteiger partial charge in [0.2, 0.25) is 0 Å². The number of carbonyl (C=O) groups is 2. The van der Waals surface area contributed by atoms with Crippen LogP contribution >= 0.6 is 0 Å². The summed E-state index contributed by atoms with van der Waals surface area (Å²) in [7, 11) is 1.78. The van der Waals surface area contributed by atoms with Crippen molar-refractivity contribution < 1.29 is 9.59 Å². The lowest BCUT2D eigenvalue weighted by Gasteiger charge is -2.26. The van der Waals surface area contributed by atoms with E-state index in [1.165, 1.54) is 0 Å². The van der Waals surface area contributed by atoms with Crippen molar-refractivity contribution in [2.45, 2.75) is 58.4 Å². The zero-order valence-corrected chi connectivity index (χ0v) is 19.2. The van der Waals surface area contributed by atoms with Crippen molar-refractivity contribution >= 4 is 22.9 Å². The van der Waals surface area contributed by atoms with E-state index in [1.807, 2.05) is 12.1 Å². The van der Waals surface area contributed by atoms with Gasteiger partial charge < -0.3 is 16.0 Å². The van der Waals surface area contributed by atoms with E-state index in [1.54, 1.807) is 31.3 Å². The molecule has 31 heavy (non-hydrogen) atoms. The maximum atomic E-state index is 13.2. The SMILES string of the molecule is CCCNC(C)(C)CCCCCNc1ccc(NC)c2c1C(=O)c1ccccc1C2=O. The number of carbonyl (C=O) groups excluding carboxylic acids is 2. The summed E-state index contributed by atoms with van der Waals surface area (Å²) in [5.41, 5.74) is 3.53. The van der Waals surface area contributed by atoms with Crippen LogP contribution in [0, 0.1) is 0 Å². The van der Waals surface area contributed by atoms with Crippen LogP contribution in [0.3, 0.4) is 0 Å². The molecule has 0 radical (unpaired) electrons. The number of ketones is 2. The monoisotopic (exact) mass is 421 g/mol. The molecule has 0 atom stereocenters. The van der Waals surface area contributed by atoms with Crippen LogP contribution in [0.2, 0.25) is 0 Å². The average Bonchev–Trinajstić information content (AvgIpc) is 2.77. The maximum absolute atomic E-state index is 13.2. The molecule has 0 amide bonds. The summed E-state index contributed by atoms with van der Waals surface area (Å²) in [6.07, 6.45) is 5.59. The van der Waals surface area contributed by atoms with Gasteiger partial charge in [-0.3, -0.25) is 9.59 Å². The Morgan fingerprint density at radius 3 is 2.03 bits per heavy atom. The van der Waals surface area contributed by atoms with Crippen LogP contribution < -0.4 is 16.0 Å². The van der Waals surface area contributed by atoms with Crippen LogP contribution in [0.15, 0.2) is 36.4 Å². The van der Waals surface area contributed by atoms with Gasteiger partial charge in [-0.25, -0.2) is 0 Å². The van der Waals surface area contributed by atoms with Gasteiger partial charge in [0, 0.05) is 41.6 Å². The summed E-state index contributed by atoms with van der Waals surface area (Å²) in [5, 5.41) is 10.1. The van der Waals surface area contributed by atoms with E-state index in [0.717, 1.165) is 50.9 Å². The summed E-state index contributed by atoms with van der Waals surface area (Å²) in [5.74, 6) is -0.187. The highest BCUT2D eigenvalue weighted by molar-refractivity contribution is 6.31. The lowest BCUT2D eigenvalue weighted by molar-refractivity contribution is 0.0980. The molecule has 0 spiro atoms. The zero-order chi connectivity index (χ0) is 22.4. The second-order valence-electron chi connectivity index (χ2n) is 8.91. The molecule has 2 aromatic rings. The minimum atomic E-state index is -0.0972. The van der Waals surface area contributed by atoms with Gasteiger partial charge in [-0.15, -0.1) is 0 Å². The number of hydrogen-bond donors (Lipinski definition) is 3. The van der Waals surface area contributed by atoms with Gasteiger partial charge in [0.1, 0.15) is 0 Å². The number of hydrogen-bond acceptors (Lipinski definition) is 5. The summed E-state index contributed by atoms with van der Waals surface area (Å²) >= 11 is 0. The molecule has 5 heteroatoms. The number of benzene rings is 2. The number of nitrogens with one attached hydrogen (secondary N) is 3. The van der Waals surface area contributed by atoms with Crippen molar-refractivity contribution in [3.63, 3.8) is 0 Å². The molecule has 1 aliphatic rings. The maximum Gasteiger partial charge on any atom is 0.196 e. The lowest BCUT2D eigenvalue weighted by atomic mass is 9.82. The third-order valence-electron chi connectivity index (χ3n) is 5.99. The molecule has 0 heterocycles. The molecule has 3 rings (SSSR count). The predicted octanol–water partition coefficient (Wildman–Crippen LogP) is 5.25. The first-order valence-corrected chi connectivity index (χ1v) is 11.4. The molecular formula is C26H35N3O2. The molecule has 166 valence electrons. The van der Waals surface area contributed by atoms with E-state index < -0.39 is 0 Å². The first-order chi connectivity index (χ1) is 14.9. The van der Waals surface area contributed by atoms with Gasteiger partial charge in [0.05, 0.1) is 11.1 Å². The van der Waals surface area contributed by atoms with Crippen LogP contribution in [0.25, 0.3) is 0 Å². The van der Waals surface area contributed by atoms with Gasteiger partial charge in [0.25, 0.3) is 0 Å². The molecule has 0 aliphatic heterocycles. The van der Waals surface area contributed by atoms with Crippen molar-refractivity contribution in [1.82, 2.24) is 5.32 Å². The fourth-order valence-electron chi connectivity index (χ4n) is 4.22. The second-order valence-corrected chi connectivity index (χ2v) is 8.91. The predicted molar refractivity (Wildman–Crippen MR) is 129 cm³/mol. The van der Waals surface area contributed by atoms with Gasteiger partial charge in [0.15, 0.2) is 11.6 Å². The Kier molecular flexibility index (Phi) is 7.50. The Hall–Kier alpha value is -2.66. The largest absolute Gasteiger partial charge is 0.388 e. The molecule has 0 aromatic heterocycles. The topological polar surface area (TPSA) is 70.2 Å². The number of rotatable bonds is 11. The minimum absolute atomic E-state index is 0.0893. The van der Waals surface area contributed by atoms with Gasteiger partial charge in [-0.2, -0.15) is 0 Å². The van der Waals surface area contributed by atoms with Crippen LogP contribution in [0.1, 0.15) is 84.7 Å². The molecule has 0 saturated heterocycles. The molecule has 0 saturated carbocycles. The molecule has 0 bridgehead atoms. The van der Waals surface area contributed by atoms with Crippen molar-refractivity contribution in [3.8, 4) is 0 Å². The standard InChI is InChI=1S/C26H35N3O2/c1-5-16-29-26(2,3)15-9-6-10-17-28-21-14-13-20(27-4)22-23(21)25(31)19-12-8-7-11-18(19)24(22)30/h7-8,11-14,27-29H,5-6,9-10,15-17H2,1-4H3. The lowest BCUT2D eigenvalue weighted by Crippen LogP contribution is -2.39. The summed E-state index contributed by atoms with van der Waals surface area (Å²) in [6.45, 7) is 8.54. The second kappa shape index (κ2) is 10.1. The number of fused-ring (bicyclic) bond motifs is 2. The fraction of sp³-hybridized carbons (Fsp3) is 0.462. The van der Waals surface area contributed by atoms with E-state index in [2.05, 4.69) is 36.7 Å². The normalized spacial score (nSPS) is 13.0. The van der Waals surface area contributed by atoms with Crippen LogP contribution in [0.4, 0.5) is 11.4 Å². The van der Waals surface area contributed by atoms with Gasteiger partial charge >= 0.3 is 0 Å². The quantitative estimate of drug-likeness (QED) is 0.369. The van der Waals surface area contributed by atoms with Crippen molar-refractivity contribution in [3.05, 3.63) is 58.7 Å². The molecule has 3 N–H and O–H groups in total. The van der Waals surface area contributed by atoms with E-state index in [4.69, 9.17) is 0 Å². The highest BCUT2D eigenvalue weighted by atomic mass is 16.1. The van der Waals surface area contributed by atoms with Crippen LogP contribution in [-0.2, 0) is 0 Å². The summed E-state index contributed by atoms with van der Waals surface area (Å²) in [6, 6.07) is 10.9. The third-order valence-corrected chi connectivity index (χ3v) is 5.99. The van der Waals surface area contributed by atoms with Crippen LogP contribution in [-0.4, -0.2) is 37.2 Å². The Labute approximate surface area is 186 Å². The Balaban J connectivity index is 1.66. The minimum Gasteiger partial charge on any atom is -0.388 e. The Morgan fingerprint density at radius 2 is 1.42 bits per heavy atom. The summed E-state index contributed by atoms with van der Waals surface area (Å²) < 4.78 is 0. The first kappa shape index (κ1) is 23.0. The van der Waals surface area contributed by atoms with Gasteiger partial charge in [-0.05, 0) is 51.8 Å². The fourth-order valence-corrected chi connectivity index (χ4v) is 4.22. The molecule has 2 aromatic carbocycles. The number of unbranched alkanes of at least 4 members (excludes halogenated alkanes) is 2. The van der Waals surface area contributed by atoms with E-state index >= 15 is 0 Å². The van der Waals surface area contributed by atoms with Crippen molar-refractivity contribution in [2.75, 3.05) is 30.8 Å². The Morgan fingerprint density at radius 1 is 0.806 bits per heavy atom. The highest BCUT2D eigenvalue weighted by Crippen LogP contribution is 2.36. The molecule has 1 aliphatic carbocycles. The molecule has 0 unspecified atom stereocenters. The molecular weight excluding hydrogens is 386 g/mol. The average molecular weight is 422 g/mol. The van der Waals surface area contributed by atoms with E-state index in [9.17, 15) is 9.59 Å². The van der Waals surface area contributed by atoms with Crippen LogP contribution in [0.5, 0.6) is 0 Å². The van der Waals surface area contributed by atoms with Crippen molar-refractivity contribution in [1.29, 1.82) is 0 Å². The van der Waals surface area contributed by atoms with Gasteiger partial charge in [-0.1, -0.05) is 44.0 Å². The van der Waals surface area contributed by atoms with E-state index in [-0.39, 0.29) is 17.1 Å². The third kappa shape index (κ3) is 5.16. The smallest absolute Gasteiger partial charge is 0.196 e.